The monoisotopic (exact) mass is 415 g/mol. The van der Waals surface area contributed by atoms with Crippen molar-refractivity contribution in [2.24, 2.45) is 0 Å². The summed E-state index contributed by atoms with van der Waals surface area (Å²) in [7, 11) is 0. The molecule has 3 aromatic carbocycles. The van der Waals surface area contributed by atoms with Gasteiger partial charge in [0.05, 0.1) is 17.2 Å². The lowest BCUT2D eigenvalue weighted by Crippen LogP contribution is -2.40. The minimum absolute atomic E-state index is 0.0929. The van der Waals surface area contributed by atoms with E-state index in [1.165, 1.54) is 45.4 Å². The Balaban J connectivity index is 1.38. The molecule has 0 spiro atoms. The molecule has 4 aromatic rings. The highest BCUT2D eigenvalue weighted by molar-refractivity contribution is 5.86. The molecule has 0 aliphatic carbocycles. The molecular formula is C25H22FN3O2. The molecule has 0 saturated carbocycles. The van der Waals surface area contributed by atoms with Crippen LogP contribution in [0.5, 0.6) is 0 Å². The molecule has 0 N–H and O–H groups in total. The van der Waals surface area contributed by atoms with Crippen molar-refractivity contribution >= 4 is 27.6 Å². The van der Waals surface area contributed by atoms with Gasteiger partial charge in [-0.3, -0.25) is 14.2 Å². The van der Waals surface area contributed by atoms with Crippen molar-refractivity contribution in [1.82, 2.24) is 14.5 Å². The fourth-order valence-corrected chi connectivity index (χ4v) is 4.58. The molecule has 1 atom stereocenters. The Hall–Kier alpha value is -3.54. The fraction of sp³-hybridized carbons (Fsp3) is 0.240. The Morgan fingerprint density at radius 3 is 2.81 bits per heavy atom. The Bertz CT molecular complexity index is 1340. The zero-order valence-corrected chi connectivity index (χ0v) is 17.0. The van der Waals surface area contributed by atoms with Crippen LogP contribution in [-0.2, 0) is 17.8 Å². The lowest BCUT2D eigenvalue weighted by atomic mass is 9.97. The first-order valence-corrected chi connectivity index (χ1v) is 10.5. The minimum atomic E-state index is -0.495. The van der Waals surface area contributed by atoms with Gasteiger partial charge in [-0.05, 0) is 53.8 Å². The molecule has 1 amide bonds. The van der Waals surface area contributed by atoms with Gasteiger partial charge in [-0.25, -0.2) is 9.37 Å². The number of carbonyl (C=O) groups excluding carboxylic acids is 1. The van der Waals surface area contributed by atoms with Crippen molar-refractivity contribution in [3.05, 3.63) is 88.7 Å². The first kappa shape index (κ1) is 19.4. The van der Waals surface area contributed by atoms with Crippen LogP contribution in [-0.4, -0.2) is 32.9 Å². The van der Waals surface area contributed by atoms with Crippen molar-refractivity contribution in [3.8, 4) is 0 Å². The Kier molecular flexibility index (Phi) is 4.98. The zero-order valence-electron chi connectivity index (χ0n) is 17.0. The summed E-state index contributed by atoms with van der Waals surface area (Å²) in [6.45, 7) is 0.586. The predicted molar refractivity (Wildman–Crippen MR) is 118 cm³/mol. The van der Waals surface area contributed by atoms with Crippen LogP contribution in [0.2, 0.25) is 0 Å². The minimum Gasteiger partial charge on any atom is -0.338 e. The van der Waals surface area contributed by atoms with Gasteiger partial charge in [0, 0.05) is 12.6 Å². The molecular weight excluding hydrogens is 393 g/mol. The lowest BCUT2D eigenvalue weighted by Gasteiger charge is -2.25. The molecule has 1 unspecified atom stereocenters. The van der Waals surface area contributed by atoms with Crippen LogP contribution in [0.3, 0.4) is 0 Å². The molecule has 5 rings (SSSR count). The SMILES string of the molecule is O=C(Cn1cnc2ccc(F)cc2c1=O)N1CCCC1Cc1cccc2ccccc12. The highest BCUT2D eigenvalue weighted by atomic mass is 19.1. The van der Waals surface area contributed by atoms with Crippen molar-refractivity contribution in [3.63, 3.8) is 0 Å². The predicted octanol–water partition coefficient (Wildman–Crippen LogP) is 3.92. The van der Waals surface area contributed by atoms with Crippen LogP contribution in [0, 0.1) is 5.82 Å². The summed E-state index contributed by atoms with van der Waals surface area (Å²) in [5.74, 6) is -0.604. The van der Waals surface area contributed by atoms with Crippen LogP contribution < -0.4 is 5.56 Å². The van der Waals surface area contributed by atoms with E-state index < -0.39 is 11.4 Å². The third-order valence-corrected chi connectivity index (χ3v) is 6.12. The second-order valence-corrected chi connectivity index (χ2v) is 8.06. The lowest BCUT2D eigenvalue weighted by molar-refractivity contribution is -0.132. The average Bonchev–Trinajstić information content (AvgIpc) is 3.25. The van der Waals surface area contributed by atoms with Gasteiger partial charge in [-0.1, -0.05) is 42.5 Å². The number of amides is 1. The molecule has 1 aliphatic heterocycles. The van der Waals surface area contributed by atoms with Gasteiger partial charge < -0.3 is 4.90 Å². The maximum atomic E-state index is 13.6. The van der Waals surface area contributed by atoms with Crippen LogP contribution >= 0.6 is 0 Å². The standard InChI is InChI=1S/C25H22FN3O2/c26-19-10-11-23-22(14-19)25(31)28(16-27-23)15-24(30)29-12-4-8-20(29)13-18-7-3-6-17-5-1-2-9-21(17)18/h1-3,5-7,9-11,14,16,20H,4,8,12-13,15H2. The van der Waals surface area contributed by atoms with Crippen LogP contribution in [0.1, 0.15) is 18.4 Å². The summed E-state index contributed by atoms with van der Waals surface area (Å²) in [6, 6.07) is 18.6. The molecule has 156 valence electrons. The Morgan fingerprint density at radius 2 is 1.90 bits per heavy atom. The first-order chi connectivity index (χ1) is 15.1. The van der Waals surface area contributed by atoms with Crippen molar-refractivity contribution in [2.45, 2.75) is 31.8 Å². The topological polar surface area (TPSA) is 55.2 Å². The summed E-state index contributed by atoms with van der Waals surface area (Å²) >= 11 is 0. The first-order valence-electron chi connectivity index (χ1n) is 10.5. The number of rotatable bonds is 4. The van der Waals surface area contributed by atoms with Gasteiger partial charge in [0.2, 0.25) is 5.91 Å². The van der Waals surface area contributed by atoms with E-state index in [1.807, 2.05) is 17.0 Å². The maximum absolute atomic E-state index is 13.6. The number of aromatic nitrogens is 2. The number of likely N-dealkylation sites (tertiary alicyclic amines) is 1. The zero-order chi connectivity index (χ0) is 21.4. The van der Waals surface area contributed by atoms with Crippen molar-refractivity contribution in [1.29, 1.82) is 0 Å². The number of halogens is 1. The molecule has 31 heavy (non-hydrogen) atoms. The van der Waals surface area contributed by atoms with Gasteiger partial charge in [0.1, 0.15) is 12.4 Å². The molecule has 2 heterocycles. The maximum Gasteiger partial charge on any atom is 0.261 e. The molecule has 1 saturated heterocycles. The van der Waals surface area contributed by atoms with E-state index in [1.54, 1.807) is 0 Å². The van der Waals surface area contributed by atoms with Gasteiger partial charge in [0.25, 0.3) is 5.56 Å². The van der Waals surface area contributed by atoms with Gasteiger partial charge >= 0.3 is 0 Å². The van der Waals surface area contributed by atoms with E-state index >= 15 is 0 Å². The van der Waals surface area contributed by atoms with Crippen LogP contribution in [0.15, 0.2) is 71.8 Å². The normalized spacial score (nSPS) is 16.3. The Morgan fingerprint density at radius 1 is 1.06 bits per heavy atom. The summed E-state index contributed by atoms with van der Waals surface area (Å²) in [6.07, 6.45) is 4.03. The Labute approximate surface area is 178 Å². The van der Waals surface area contributed by atoms with Gasteiger partial charge in [-0.2, -0.15) is 0 Å². The summed E-state index contributed by atoms with van der Waals surface area (Å²) in [5.41, 5.74) is 1.25. The van der Waals surface area contributed by atoms with E-state index in [-0.39, 0.29) is 23.9 Å². The van der Waals surface area contributed by atoms with Crippen molar-refractivity contribution < 1.29 is 9.18 Å². The van der Waals surface area contributed by atoms with E-state index in [9.17, 15) is 14.0 Å². The smallest absolute Gasteiger partial charge is 0.261 e. The third-order valence-electron chi connectivity index (χ3n) is 6.12. The highest BCUT2D eigenvalue weighted by Gasteiger charge is 2.29. The van der Waals surface area contributed by atoms with Crippen LogP contribution in [0.4, 0.5) is 4.39 Å². The molecule has 5 nitrogen and oxygen atoms in total. The van der Waals surface area contributed by atoms with E-state index in [0.717, 1.165) is 19.3 Å². The molecule has 1 aliphatic rings. The highest BCUT2D eigenvalue weighted by Crippen LogP contribution is 2.26. The van der Waals surface area contributed by atoms with Gasteiger partial charge in [-0.15, -0.1) is 0 Å². The van der Waals surface area contributed by atoms with Crippen LogP contribution in [0.25, 0.3) is 21.7 Å². The van der Waals surface area contributed by atoms with Gasteiger partial charge in [0.15, 0.2) is 0 Å². The van der Waals surface area contributed by atoms with E-state index in [0.29, 0.717) is 12.1 Å². The molecule has 0 bridgehead atoms. The summed E-state index contributed by atoms with van der Waals surface area (Å²) in [5, 5.41) is 2.59. The second-order valence-electron chi connectivity index (χ2n) is 8.06. The quantitative estimate of drug-likeness (QED) is 0.508. The van der Waals surface area contributed by atoms with Crippen molar-refractivity contribution in [2.75, 3.05) is 6.54 Å². The molecule has 1 aromatic heterocycles. The molecule has 0 radical (unpaired) electrons. The molecule has 6 heteroatoms. The molecule has 1 fully saturated rings. The second kappa shape index (κ2) is 7.95. The average molecular weight is 415 g/mol. The number of nitrogens with zero attached hydrogens (tertiary/aromatic N) is 3. The number of hydrogen-bond donors (Lipinski definition) is 0. The largest absolute Gasteiger partial charge is 0.338 e. The summed E-state index contributed by atoms with van der Waals surface area (Å²) < 4.78 is 14.8. The number of fused-ring (bicyclic) bond motifs is 2. The number of hydrogen-bond acceptors (Lipinski definition) is 3. The van der Waals surface area contributed by atoms with E-state index in [4.69, 9.17) is 0 Å². The summed E-state index contributed by atoms with van der Waals surface area (Å²) in [4.78, 5) is 31.9. The third kappa shape index (κ3) is 3.69. The number of benzene rings is 3. The van der Waals surface area contributed by atoms with E-state index in [2.05, 4.69) is 35.3 Å². The number of carbonyl (C=O) groups is 1. The fourth-order valence-electron chi connectivity index (χ4n) is 4.58.